The summed E-state index contributed by atoms with van der Waals surface area (Å²) >= 11 is 0. The first kappa shape index (κ1) is 13.3. The molecule has 1 aromatic rings. The zero-order valence-corrected chi connectivity index (χ0v) is 10.9. The van der Waals surface area contributed by atoms with Gasteiger partial charge >= 0.3 is 6.61 Å². The summed E-state index contributed by atoms with van der Waals surface area (Å²) in [6, 6.07) is 6.41. The van der Waals surface area contributed by atoms with E-state index in [1.54, 1.807) is 23.1 Å². The molecule has 3 rings (SSSR count). The minimum Gasteiger partial charge on any atom is -0.435 e. The van der Waals surface area contributed by atoms with E-state index >= 15 is 0 Å². The summed E-state index contributed by atoms with van der Waals surface area (Å²) in [5, 5.41) is 0. The van der Waals surface area contributed by atoms with Crippen molar-refractivity contribution in [3.63, 3.8) is 0 Å². The SMILES string of the molecule is O=C(Cc1ccccc1OC(F)F)N1CCC12COC2. The van der Waals surface area contributed by atoms with Crippen LogP contribution in [0.25, 0.3) is 0 Å². The highest BCUT2D eigenvalue weighted by Gasteiger charge is 2.52. The number of carbonyl (C=O) groups is 1. The third kappa shape index (κ3) is 2.24. The molecule has 0 saturated carbocycles. The number of hydrogen-bond donors (Lipinski definition) is 0. The van der Waals surface area contributed by atoms with Crippen LogP contribution in [0.5, 0.6) is 5.75 Å². The molecule has 0 radical (unpaired) electrons. The number of para-hydroxylation sites is 1. The summed E-state index contributed by atoms with van der Waals surface area (Å²) < 4.78 is 34.3. The molecule has 2 heterocycles. The Labute approximate surface area is 115 Å². The fraction of sp³-hybridized carbons (Fsp3) is 0.500. The first-order valence-corrected chi connectivity index (χ1v) is 6.52. The van der Waals surface area contributed by atoms with Crippen LogP contribution in [0, 0.1) is 0 Å². The molecule has 1 spiro atoms. The van der Waals surface area contributed by atoms with Crippen molar-refractivity contribution in [2.24, 2.45) is 0 Å². The normalized spacial score (nSPS) is 19.6. The maximum absolute atomic E-state index is 12.3. The van der Waals surface area contributed by atoms with Gasteiger partial charge in [0, 0.05) is 12.1 Å². The number of amides is 1. The minimum absolute atomic E-state index is 0.0649. The van der Waals surface area contributed by atoms with Crippen LogP contribution in [0.3, 0.4) is 0 Å². The molecule has 0 bridgehead atoms. The second-order valence-electron chi connectivity index (χ2n) is 5.18. The molecule has 108 valence electrons. The summed E-state index contributed by atoms with van der Waals surface area (Å²) in [7, 11) is 0. The maximum Gasteiger partial charge on any atom is 0.387 e. The van der Waals surface area contributed by atoms with E-state index in [0.717, 1.165) is 6.42 Å². The highest BCUT2D eigenvalue weighted by atomic mass is 19.3. The molecule has 20 heavy (non-hydrogen) atoms. The Morgan fingerprint density at radius 2 is 2.15 bits per heavy atom. The number of nitrogens with zero attached hydrogens (tertiary/aromatic N) is 1. The van der Waals surface area contributed by atoms with Crippen LogP contribution in [0.1, 0.15) is 12.0 Å². The molecule has 0 aromatic heterocycles. The molecular weight excluding hydrogens is 268 g/mol. The second-order valence-corrected chi connectivity index (χ2v) is 5.18. The van der Waals surface area contributed by atoms with Crippen molar-refractivity contribution in [3.05, 3.63) is 29.8 Å². The predicted molar refractivity (Wildman–Crippen MR) is 66.7 cm³/mol. The summed E-state index contributed by atoms with van der Waals surface area (Å²) in [5.41, 5.74) is 0.357. The van der Waals surface area contributed by atoms with Crippen LogP contribution in [0.2, 0.25) is 0 Å². The van der Waals surface area contributed by atoms with Crippen LogP contribution >= 0.6 is 0 Å². The Balaban J connectivity index is 1.70. The number of alkyl halides is 2. The largest absolute Gasteiger partial charge is 0.435 e. The van der Waals surface area contributed by atoms with Gasteiger partial charge in [-0.3, -0.25) is 4.79 Å². The lowest BCUT2D eigenvalue weighted by Crippen LogP contribution is -2.72. The highest BCUT2D eigenvalue weighted by Crippen LogP contribution is 2.38. The molecule has 0 N–H and O–H groups in total. The minimum atomic E-state index is -2.89. The van der Waals surface area contributed by atoms with Gasteiger partial charge in [0.05, 0.1) is 25.2 Å². The number of benzene rings is 1. The third-order valence-electron chi connectivity index (χ3n) is 3.95. The fourth-order valence-corrected chi connectivity index (χ4v) is 2.69. The molecule has 2 aliphatic heterocycles. The van der Waals surface area contributed by atoms with Crippen molar-refractivity contribution >= 4 is 5.91 Å². The van der Waals surface area contributed by atoms with Gasteiger partial charge in [-0.15, -0.1) is 0 Å². The average Bonchev–Trinajstić information content (AvgIpc) is 2.27. The van der Waals surface area contributed by atoms with Gasteiger partial charge < -0.3 is 14.4 Å². The highest BCUT2D eigenvalue weighted by molar-refractivity contribution is 5.81. The molecule has 6 heteroatoms. The van der Waals surface area contributed by atoms with Gasteiger partial charge in [0.25, 0.3) is 0 Å². The molecule has 1 aromatic carbocycles. The van der Waals surface area contributed by atoms with E-state index in [1.165, 1.54) is 6.07 Å². The summed E-state index contributed by atoms with van der Waals surface area (Å²) in [4.78, 5) is 14.1. The summed E-state index contributed by atoms with van der Waals surface area (Å²) in [6.07, 6.45) is 1.03. The molecule has 0 unspecified atom stereocenters. The van der Waals surface area contributed by atoms with Gasteiger partial charge in [-0.1, -0.05) is 18.2 Å². The van der Waals surface area contributed by atoms with Crippen molar-refractivity contribution in [1.29, 1.82) is 0 Å². The van der Waals surface area contributed by atoms with Crippen LogP contribution < -0.4 is 4.74 Å². The van der Waals surface area contributed by atoms with Gasteiger partial charge in [0.15, 0.2) is 0 Å². The Bertz CT molecular complexity index is 511. The van der Waals surface area contributed by atoms with Crippen molar-refractivity contribution in [1.82, 2.24) is 4.90 Å². The molecule has 0 atom stereocenters. The monoisotopic (exact) mass is 283 g/mol. The fourth-order valence-electron chi connectivity index (χ4n) is 2.69. The summed E-state index contributed by atoms with van der Waals surface area (Å²) in [5.74, 6) is 0.000138. The van der Waals surface area contributed by atoms with Crippen molar-refractivity contribution in [2.75, 3.05) is 19.8 Å². The third-order valence-corrected chi connectivity index (χ3v) is 3.95. The lowest BCUT2D eigenvalue weighted by Gasteiger charge is -2.57. The molecule has 2 fully saturated rings. The van der Waals surface area contributed by atoms with Gasteiger partial charge in [-0.25, -0.2) is 0 Å². The molecule has 0 aliphatic carbocycles. The van der Waals surface area contributed by atoms with Gasteiger partial charge in [0.2, 0.25) is 5.91 Å². The number of rotatable bonds is 4. The predicted octanol–water partition coefficient (Wildman–Crippen LogP) is 1.83. The lowest BCUT2D eigenvalue weighted by atomic mass is 9.82. The van der Waals surface area contributed by atoms with E-state index in [0.29, 0.717) is 25.3 Å². The van der Waals surface area contributed by atoms with Gasteiger partial charge in [-0.05, 0) is 12.5 Å². The van der Waals surface area contributed by atoms with Crippen molar-refractivity contribution in [3.8, 4) is 5.75 Å². The Morgan fingerprint density at radius 1 is 1.40 bits per heavy atom. The smallest absolute Gasteiger partial charge is 0.387 e. The Hall–Kier alpha value is -1.69. The average molecular weight is 283 g/mol. The van der Waals surface area contributed by atoms with Crippen LogP contribution in [0.4, 0.5) is 8.78 Å². The second kappa shape index (κ2) is 5.01. The zero-order valence-electron chi connectivity index (χ0n) is 10.9. The number of carbonyl (C=O) groups excluding carboxylic acids is 1. The van der Waals surface area contributed by atoms with E-state index in [2.05, 4.69) is 4.74 Å². The van der Waals surface area contributed by atoms with Crippen LogP contribution in [-0.2, 0) is 16.0 Å². The van der Waals surface area contributed by atoms with E-state index in [9.17, 15) is 13.6 Å². The van der Waals surface area contributed by atoms with E-state index in [1.807, 2.05) is 0 Å². The van der Waals surface area contributed by atoms with Crippen molar-refractivity contribution in [2.45, 2.75) is 25.0 Å². The Morgan fingerprint density at radius 3 is 2.70 bits per heavy atom. The van der Waals surface area contributed by atoms with E-state index < -0.39 is 6.61 Å². The first-order valence-electron chi connectivity index (χ1n) is 6.52. The van der Waals surface area contributed by atoms with Gasteiger partial charge in [-0.2, -0.15) is 8.78 Å². The number of ether oxygens (including phenoxy) is 2. The van der Waals surface area contributed by atoms with E-state index in [4.69, 9.17) is 4.74 Å². The summed E-state index contributed by atoms with van der Waals surface area (Å²) in [6.45, 7) is -1.02. The number of halogens is 2. The molecule has 2 aliphatic rings. The lowest BCUT2D eigenvalue weighted by molar-refractivity contribution is -0.199. The van der Waals surface area contributed by atoms with Gasteiger partial charge in [0.1, 0.15) is 5.75 Å². The van der Waals surface area contributed by atoms with E-state index in [-0.39, 0.29) is 23.6 Å². The molecule has 2 saturated heterocycles. The molecular formula is C14H15F2NO3. The topological polar surface area (TPSA) is 38.8 Å². The Kier molecular flexibility index (Phi) is 3.33. The molecule has 4 nitrogen and oxygen atoms in total. The quantitative estimate of drug-likeness (QED) is 0.846. The standard InChI is InChI=1S/C14H15F2NO3/c15-13(16)20-11-4-2-1-3-10(11)7-12(18)17-6-5-14(17)8-19-9-14/h1-4,13H,5-9H2. The maximum atomic E-state index is 12.3. The molecule has 1 amide bonds. The first-order chi connectivity index (χ1) is 9.61. The van der Waals surface area contributed by atoms with Crippen LogP contribution in [-0.4, -0.2) is 42.7 Å². The van der Waals surface area contributed by atoms with Crippen molar-refractivity contribution < 1.29 is 23.0 Å². The zero-order chi connectivity index (χ0) is 14.2. The van der Waals surface area contributed by atoms with Crippen LogP contribution in [0.15, 0.2) is 24.3 Å². The number of hydrogen-bond acceptors (Lipinski definition) is 3. The number of likely N-dealkylation sites (tertiary alicyclic amines) is 1.